The van der Waals surface area contributed by atoms with Crippen LogP contribution in [0, 0.1) is 17.8 Å². The van der Waals surface area contributed by atoms with Gasteiger partial charge in [0.05, 0.1) is 35.8 Å². The van der Waals surface area contributed by atoms with E-state index >= 15 is 4.79 Å². The number of hydrogen-bond acceptors (Lipinski definition) is 6. The third kappa shape index (κ3) is 5.74. The summed E-state index contributed by atoms with van der Waals surface area (Å²) in [6, 6.07) is 19.8. The van der Waals surface area contributed by atoms with Gasteiger partial charge in [-0.15, -0.1) is 24.9 Å². The van der Waals surface area contributed by atoms with Gasteiger partial charge in [-0.1, -0.05) is 56.3 Å². The second kappa shape index (κ2) is 13.7. The number of ether oxygens (including phenoxy) is 1. The van der Waals surface area contributed by atoms with Crippen LogP contribution >= 0.6 is 11.8 Å². The number of aliphatic hydroxyl groups excluding tert-OH is 1. The molecule has 3 aromatic carbocycles. The van der Waals surface area contributed by atoms with Crippen LogP contribution in [0.2, 0.25) is 0 Å². The monoisotopic (exact) mass is 681 g/mol. The van der Waals surface area contributed by atoms with Gasteiger partial charge in [0.15, 0.2) is 0 Å². The Morgan fingerprint density at radius 3 is 2.22 bits per heavy atom. The van der Waals surface area contributed by atoms with Crippen LogP contribution < -0.4 is 14.5 Å². The molecule has 3 fully saturated rings. The highest BCUT2D eigenvalue weighted by Gasteiger charge is 2.78. The lowest BCUT2D eigenvalue weighted by Crippen LogP contribution is -2.58. The lowest BCUT2D eigenvalue weighted by molar-refractivity contribution is -0.143. The van der Waals surface area contributed by atoms with Crippen molar-refractivity contribution in [3.8, 4) is 5.75 Å². The van der Waals surface area contributed by atoms with E-state index in [1.165, 1.54) is 0 Å². The summed E-state index contributed by atoms with van der Waals surface area (Å²) in [7, 11) is 0. The second-order valence-corrected chi connectivity index (χ2v) is 15.8. The Balaban J connectivity index is 1.45. The number of carbonyl (C=O) groups excluding carboxylic acids is 3. The highest BCUT2D eigenvalue weighted by molar-refractivity contribution is 8.02. The van der Waals surface area contributed by atoms with Crippen LogP contribution in [0.4, 0.5) is 11.4 Å². The largest absolute Gasteiger partial charge is 0.494 e. The number of anilines is 2. The van der Waals surface area contributed by atoms with Crippen LogP contribution in [-0.2, 0) is 14.4 Å². The molecule has 3 aliphatic heterocycles. The fraction of sp³-hybridized carbons (Fsp3) is 0.425. The first-order valence-corrected chi connectivity index (χ1v) is 18.1. The van der Waals surface area contributed by atoms with E-state index in [0.29, 0.717) is 36.6 Å². The van der Waals surface area contributed by atoms with Gasteiger partial charge in [0.1, 0.15) is 11.8 Å². The Morgan fingerprint density at radius 2 is 1.61 bits per heavy atom. The van der Waals surface area contributed by atoms with Gasteiger partial charge in [-0.25, -0.2) is 0 Å². The van der Waals surface area contributed by atoms with Crippen LogP contribution in [0.3, 0.4) is 0 Å². The topological polar surface area (TPSA) is 90.4 Å². The van der Waals surface area contributed by atoms with Crippen molar-refractivity contribution in [1.82, 2.24) is 4.90 Å². The standard InChI is InChI=1S/C40H47N3O5S/c1-7-22-41(29-16-18-31(19-17-29)48-9-3)36(45)33-34-37(46)43(32(25-44)26(4)5)35(40(34)21-20-39(33,6)49-40)38(47)42(23-8-2)30-15-14-27-12-10-11-13-28(27)24-30/h7-8,10-19,24,26,32-35,44H,1-2,9,20-23,25H2,3-6H3/t32-,33-,34-,35?,39+,40?/m0/s1. The molecule has 3 aromatic rings. The zero-order valence-corrected chi connectivity index (χ0v) is 29.7. The van der Waals surface area contributed by atoms with Crippen molar-refractivity contribution in [2.24, 2.45) is 17.8 Å². The summed E-state index contributed by atoms with van der Waals surface area (Å²) < 4.78 is 4.22. The maximum absolute atomic E-state index is 15.2. The van der Waals surface area contributed by atoms with Crippen LogP contribution in [-0.4, -0.2) is 75.6 Å². The Labute approximate surface area is 293 Å². The predicted octanol–water partition coefficient (Wildman–Crippen LogP) is 6.47. The van der Waals surface area contributed by atoms with Crippen molar-refractivity contribution < 1.29 is 24.2 Å². The summed E-state index contributed by atoms with van der Waals surface area (Å²) in [5, 5.41) is 12.8. The molecule has 2 bridgehead atoms. The molecule has 8 nitrogen and oxygen atoms in total. The molecule has 0 saturated carbocycles. The fourth-order valence-electron chi connectivity index (χ4n) is 8.45. The minimum atomic E-state index is -0.876. The highest BCUT2D eigenvalue weighted by Crippen LogP contribution is 2.72. The van der Waals surface area contributed by atoms with E-state index < -0.39 is 33.4 Å². The predicted molar refractivity (Wildman–Crippen MR) is 198 cm³/mol. The summed E-state index contributed by atoms with van der Waals surface area (Å²) in [4.78, 5) is 50.1. The van der Waals surface area contributed by atoms with Crippen LogP contribution in [0.15, 0.2) is 92.0 Å². The molecule has 3 amide bonds. The van der Waals surface area contributed by atoms with E-state index in [1.54, 1.807) is 38.6 Å². The van der Waals surface area contributed by atoms with Gasteiger partial charge >= 0.3 is 0 Å². The van der Waals surface area contributed by atoms with E-state index in [9.17, 15) is 14.7 Å². The maximum atomic E-state index is 15.2. The number of fused-ring (bicyclic) bond motifs is 2. The maximum Gasteiger partial charge on any atom is 0.251 e. The lowest BCUT2D eigenvalue weighted by atomic mass is 9.66. The van der Waals surface area contributed by atoms with E-state index in [1.807, 2.05) is 87.5 Å². The SMILES string of the molecule is C=CCN(C(=O)C1N([C@@H](CO)C(C)C)C(=O)[C@@H]2[C@@H](C(=O)N(CC=C)c3ccc(OCC)cc3)[C@@]3(C)CCC12S3)c1ccc2ccccc2c1. The number of likely N-dealkylation sites (tertiary alicyclic amines) is 1. The first-order chi connectivity index (χ1) is 23.5. The first-order valence-electron chi connectivity index (χ1n) is 17.2. The number of thioether (sulfide) groups is 1. The molecule has 0 aliphatic carbocycles. The lowest BCUT2D eigenvalue weighted by Gasteiger charge is -2.40. The third-order valence-corrected chi connectivity index (χ3v) is 12.7. The number of amides is 3. The molecule has 3 aliphatic rings. The summed E-state index contributed by atoms with van der Waals surface area (Å²) in [5.41, 5.74) is 1.41. The molecule has 0 radical (unpaired) electrons. The molecule has 3 heterocycles. The zero-order valence-electron chi connectivity index (χ0n) is 28.9. The normalized spacial score (nSPS) is 26.1. The quantitative estimate of drug-likeness (QED) is 0.208. The van der Waals surface area contributed by atoms with Gasteiger partial charge in [-0.05, 0) is 79.8 Å². The van der Waals surface area contributed by atoms with Gasteiger partial charge in [0, 0.05) is 29.2 Å². The van der Waals surface area contributed by atoms with Gasteiger partial charge in [-0.2, -0.15) is 0 Å². The van der Waals surface area contributed by atoms with E-state index in [-0.39, 0.29) is 43.3 Å². The number of nitrogens with zero attached hydrogens (tertiary/aromatic N) is 3. The summed E-state index contributed by atoms with van der Waals surface area (Å²) in [5.74, 6) is -1.43. The second-order valence-electron chi connectivity index (χ2n) is 13.9. The van der Waals surface area contributed by atoms with Crippen LogP contribution in [0.1, 0.15) is 40.5 Å². The molecular formula is C40H47N3O5S. The molecule has 258 valence electrons. The van der Waals surface area contributed by atoms with Crippen LogP contribution in [0.5, 0.6) is 5.75 Å². The van der Waals surface area contributed by atoms with Gasteiger partial charge < -0.3 is 24.5 Å². The van der Waals surface area contributed by atoms with Crippen molar-refractivity contribution in [2.45, 2.75) is 62.1 Å². The summed E-state index contributed by atoms with van der Waals surface area (Å²) >= 11 is 1.63. The molecule has 6 atom stereocenters. The number of aliphatic hydroxyl groups is 1. The summed E-state index contributed by atoms with van der Waals surface area (Å²) in [6.45, 7) is 16.6. The number of hydrogen-bond donors (Lipinski definition) is 1. The molecule has 1 spiro atoms. The van der Waals surface area contributed by atoms with Gasteiger partial charge in [0.25, 0.3) is 5.91 Å². The zero-order chi connectivity index (χ0) is 35.1. The Morgan fingerprint density at radius 1 is 0.980 bits per heavy atom. The average Bonchev–Trinajstić information content (AvgIpc) is 3.66. The van der Waals surface area contributed by atoms with E-state index in [4.69, 9.17) is 4.74 Å². The molecule has 2 unspecified atom stereocenters. The molecule has 1 N–H and O–H groups in total. The molecular weight excluding hydrogens is 635 g/mol. The van der Waals surface area contributed by atoms with Crippen molar-refractivity contribution in [1.29, 1.82) is 0 Å². The van der Waals surface area contributed by atoms with Crippen molar-refractivity contribution in [3.05, 3.63) is 92.0 Å². The fourth-order valence-corrected chi connectivity index (χ4v) is 10.8. The molecule has 3 saturated heterocycles. The third-order valence-electron chi connectivity index (χ3n) is 10.7. The van der Waals surface area contributed by atoms with Gasteiger partial charge in [-0.3, -0.25) is 14.4 Å². The van der Waals surface area contributed by atoms with E-state index in [2.05, 4.69) is 20.1 Å². The minimum absolute atomic E-state index is 0.124. The molecule has 49 heavy (non-hydrogen) atoms. The Hall–Kier alpha value is -4.08. The molecule has 6 rings (SSSR count). The summed E-state index contributed by atoms with van der Waals surface area (Å²) in [6.07, 6.45) is 4.69. The molecule has 0 aromatic heterocycles. The molecule has 9 heteroatoms. The highest BCUT2D eigenvalue weighted by atomic mass is 32.2. The van der Waals surface area contributed by atoms with Crippen LogP contribution in [0.25, 0.3) is 10.8 Å². The first kappa shape index (κ1) is 34.8. The average molecular weight is 682 g/mol. The number of benzene rings is 3. The Kier molecular flexibility index (Phi) is 9.70. The number of carbonyl (C=O) groups is 3. The number of rotatable bonds is 13. The van der Waals surface area contributed by atoms with Crippen molar-refractivity contribution in [2.75, 3.05) is 36.1 Å². The van der Waals surface area contributed by atoms with Crippen molar-refractivity contribution >= 4 is 51.6 Å². The minimum Gasteiger partial charge on any atom is -0.494 e. The van der Waals surface area contributed by atoms with E-state index in [0.717, 1.165) is 10.8 Å². The van der Waals surface area contributed by atoms with Crippen molar-refractivity contribution in [3.63, 3.8) is 0 Å². The Bertz CT molecular complexity index is 1760. The van der Waals surface area contributed by atoms with Gasteiger partial charge in [0.2, 0.25) is 11.8 Å². The smallest absolute Gasteiger partial charge is 0.251 e.